The van der Waals surface area contributed by atoms with Crippen LogP contribution in [0.15, 0.2) is 176 Å². The first-order valence-corrected chi connectivity index (χ1v) is 19.9. The van der Waals surface area contributed by atoms with Crippen molar-refractivity contribution in [3.63, 3.8) is 0 Å². The van der Waals surface area contributed by atoms with Crippen LogP contribution in [0.4, 0.5) is 0 Å². The van der Waals surface area contributed by atoms with Crippen LogP contribution in [0.3, 0.4) is 0 Å². The van der Waals surface area contributed by atoms with Gasteiger partial charge in [0.1, 0.15) is 0 Å². The van der Waals surface area contributed by atoms with Crippen LogP contribution in [-0.4, -0.2) is 15.0 Å². The van der Waals surface area contributed by atoms with Gasteiger partial charge in [0.05, 0.1) is 0 Å². The molecule has 8 aromatic carbocycles. The quantitative estimate of drug-likeness (QED) is 0.177. The molecular formula is C52H35N3S. The molecule has 0 radical (unpaired) electrons. The Morgan fingerprint density at radius 3 is 1.66 bits per heavy atom. The Morgan fingerprint density at radius 2 is 0.893 bits per heavy atom. The molecule has 11 rings (SSSR count). The molecule has 0 saturated carbocycles. The average molecular weight is 734 g/mol. The number of nitrogens with zero attached hydrogens (tertiary/aromatic N) is 3. The summed E-state index contributed by atoms with van der Waals surface area (Å²) in [5, 5.41) is 4.86. The first-order chi connectivity index (χ1) is 27.5. The molecule has 1 aliphatic rings. The van der Waals surface area contributed by atoms with E-state index in [2.05, 4.69) is 166 Å². The molecule has 0 saturated heterocycles. The lowest BCUT2D eigenvalue weighted by atomic mass is 9.82. The standard InChI is InChI=1S/C52H35N3S/c1-52(2)44-20-12-11-18-39(44)41-29-36(25-27-45(41)52)37-26-28-46-43(30-37)48-40-19-10-9-17-38(40)42(31-47(48)56-46)51-54-49(34-15-7-4-8-16-34)53-50(55-51)35-23-21-33(22-24-35)32-13-5-3-6-14-32/h3-31H,1-2H3. The molecule has 3 nitrogen and oxygen atoms in total. The normalized spacial score (nSPS) is 13.0. The molecule has 10 aromatic rings. The monoisotopic (exact) mass is 733 g/mol. The topological polar surface area (TPSA) is 38.7 Å². The molecule has 0 fully saturated rings. The minimum atomic E-state index is -0.0112. The van der Waals surface area contributed by atoms with Crippen LogP contribution >= 0.6 is 11.3 Å². The van der Waals surface area contributed by atoms with Gasteiger partial charge in [-0.1, -0.05) is 166 Å². The van der Waals surface area contributed by atoms with Gasteiger partial charge in [-0.3, -0.25) is 0 Å². The van der Waals surface area contributed by atoms with Crippen molar-refractivity contribution < 1.29 is 0 Å². The second kappa shape index (κ2) is 12.7. The van der Waals surface area contributed by atoms with Gasteiger partial charge in [0.25, 0.3) is 0 Å². The maximum absolute atomic E-state index is 5.20. The highest BCUT2D eigenvalue weighted by Gasteiger charge is 2.35. The third-order valence-corrected chi connectivity index (χ3v) is 12.7. The molecule has 0 bridgehead atoms. The van der Waals surface area contributed by atoms with Crippen LogP contribution in [0.25, 0.3) is 98.5 Å². The molecule has 1 aliphatic carbocycles. The lowest BCUT2D eigenvalue weighted by molar-refractivity contribution is 0.660. The van der Waals surface area contributed by atoms with Crippen LogP contribution in [0, 0.1) is 0 Å². The van der Waals surface area contributed by atoms with Crippen molar-refractivity contribution in [3.05, 3.63) is 187 Å². The van der Waals surface area contributed by atoms with Crippen molar-refractivity contribution in [2.24, 2.45) is 0 Å². The van der Waals surface area contributed by atoms with E-state index in [1.54, 1.807) is 0 Å². The fraction of sp³-hybridized carbons (Fsp3) is 0.0577. The Kier molecular flexibility index (Phi) is 7.38. The second-order valence-electron chi connectivity index (χ2n) is 15.2. The summed E-state index contributed by atoms with van der Waals surface area (Å²) < 4.78 is 2.48. The molecule has 0 amide bonds. The predicted octanol–water partition coefficient (Wildman–Crippen LogP) is 14.0. The third-order valence-electron chi connectivity index (χ3n) is 11.6. The van der Waals surface area contributed by atoms with Crippen molar-refractivity contribution in [2.45, 2.75) is 19.3 Å². The van der Waals surface area contributed by atoms with Crippen molar-refractivity contribution in [3.8, 4) is 67.5 Å². The van der Waals surface area contributed by atoms with Gasteiger partial charge in [-0.25, -0.2) is 15.0 Å². The van der Waals surface area contributed by atoms with Crippen LogP contribution in [-0.2, 0) is 5.41 Å². The number of fused-ring (bicyclic) bond motifs is 8. The van der Waals surface area contributed by atoms with Gasteiger partial charge >= 0.3 is 0 Å². The summed E-state index contributed by atoms with van der Waals surface area (Å²) in [6.07, 6.45) is 0. The Labute approximate surface area is 329 Å². The maximum Gasteiger partial charge on any atom is 0.164 e. The van der Waals surface area contributed by atoms with E-state index in [4.69, 9.17) is 15.0 Å². The van der Waals surface area contributed by atoms with Gasteiger partial charge in [0.2, 0.25) is 0 Å². The first kappa shape index (κ1) is 32.7. The zero-order chi connectivity index (χ0) is 37.4. The van der Waals surface area contributed by atoms with Gasteiger partial charge < -0.3 is 0 Å². The Morgan fingerprint density at radius 1 is 0.357 bits per heavy atom. The van der Waals surface area contributed by atoms with E-state index in [1.807, 2.05) is 35.6 Å². The van der Waals surface area contributed by atoms with E-state index in [0.717, 1.165) is 27.6 Å². The zero-order valence-corrected chi connectivity index (χ0v) is 31.8. The van der Waals surface area contributed by atoms with Crippen LogP contribution in [0.1, 0.15) is 25.0 Å². The molecule has 0 aliphatic heterocycles. The van der Waals surface area contributed by atoms with Gasteiger partial charge in [-0.05, 0) is 79.5 Å². The summed E-state index contributed by atoms with van der Waals surface area (Å²) >= 11 is 1.83. The summed E-state index contributed by atoms with van der Waals surface area (Å²) in [4.78, 5) is 15.4. The zero-order valence-electron chi connectivity index (χ0n) is 31.0. The fourth-order valence-electron chi connectivity index (χ4n) is 8.69. The molecule has 264 valence electrons. The lowest BCUT2D eigenvalue weighted by Gasteiger charge is -2.21. The number of benzene rings is 8. The summed E-state index contributed by atoms with van der Waals surface area (Å²) in [7, 11) is 0. The highest BCUT2D eigenvalue weighted by atomic mass is 32.1. The molecule has 2 heterocycles. The molecule has 0 spiro atoms. The summed E-state index contributed by atoms with van der Waals surface area (Å²) in [6.45, 7) is 4.67. The average Bonchev–Trinajstić information content (AvgIpc) is 3.75. The van der Waals surface area contributed by atoms with Crippen molar-refractivity contribution in [1.82, 2.24) is 15.0 Å². The van der Waals surface area contributed by atoms with Crippen molar-refractivity contribution in [2.75, 3.05) is 0 Å². The predicted molar refractivity (Wildman–Crippen MR) is 235 cm³/mol. The highest BCUT2D eigenvalue weighted by Crippen LogP contribution is 2.50. The van der Waals surface area contributed by atoms with Gasteiger partial charge in [0.15, 0.2) is 17.5 Å². The van der Waals surface area contributed by atoms with E-state index < -0.39 is 0 Å². The minimum Gasteiger partial charge on any atom is -0.208 e. The number of hydrogen-bond donors (Lipinski definition) is 0. The number of thiophene rings is 1. The van der Waals surface area contributed by atoms with Gasteiger partial charge in [-0.2, -0.15) is 0 Å². The molecule has 2 aromatic heterocycles. The van der Waals surface area contributed by atoms with E-state index in [9.17, 15) is 0 Å². The van der Waals surface area contributed by atoms with E-state index >= 15 is 0 Å². The summed E-state index contributed by atoms with van der Waals surface area (Å²) in [5.74, 6) is 1.97. The number of aromatic nitrogens is 3. The summed E-state index contributed by atoms with van der Waals surface area (Å²) in [5.41, 5.74) is 13.2. The van der Waals surface area contributed by atoms with Gasteiger partial charge in [0, 0.05) is 42.3 Å². The maximum atomic E-state index is 5.20. The highest BCUT2D eigenvalue weighted by molar-refractivity contribution is 7.26. The second-order valence-corrected chi connectivity index (χ2v) is 16.3. The largest absolute Gasteiger partial charge is 0.208 e. The summed E-state index contributed by atoms with van der Waals surface area (Å²) in [6, 6.07) is 63.0. The van der Waals surface area contributed by atoms with E-state index in [-0.39, 0.29) is 5.41 Å². The number of hydrogen-bond acceptors (Lipinski definition) is 4. The molecule has 0 atom stereocenters. The Bertz CT molecular complexity index is 3140. The van der Waals surface area contributed by atoms with Crippen molar-refractivity contribution >= 4 is 42.3 Å². The minimum absolute atomic E-state index is 0.0112. The van der Waals surface area contributed by atoms with Crippen LogP contribution in [0.5, 0.6) is 0 Å². The lowest BCUT2D eigenvalue weighted by Crippen LogP contribution is -2.14. The third kappa shape index (κ3) is 5.21. The van der Waals surface area contributed by atoms with E-state index in [0.29, 0.717) is 17.5 Å². The number of rotatable bonds is 5. The molecular weight excluding hydrogens is 699 g/mol. The molecule has 0 unspecified atom stereocenters. The van der Waals surface area contributed by atoms with Crippen LogP contribution in [0.2, 0.25) is 0 Å². The molecule has 0 N–H and O–H groups in total. The van der Waals surface area contributed by atoms with E-state index in [1.165, 1.54) is 64.5 Å². The fourth-order valence-corrected chi connectivity index (χ4v) is 9.83. The van der Waals surface area contributed by atoms with Crippen molar-refractivity contribution in [1.29, 1.82) is 0 Å². The molecule has 56 heavy (non-hydrogen) atoms. The SMILES string of the molecule is CC1(C)c2ccccc2-c2cc(-c3ccc4sc5cc(-c6nc(-c7ccccc7)nc(-c7ccc(-c8ccccc8)cc7)n6)c6ccccc6c5c4c3)ccc21. The Balaban J connectivity index is 1.07. The first-order valence-electron chi connectivity index (χ1n) is 19.1. The van der Waals surface area contributed by atoms with Crippen LogP contribution < -0.4 is 0 Å². The molecule has 4 heteroatoms. The van der Waals surface area contributed by atoms with Gasteiger partial charge in [-0.15, -0.1) is 11.3 Å². The Hall–Kier alpha value is -6.75. The smallest absolute Gasteiger partial charge is 0.164 e.